The second-order valence-corrected chi connectivity index (χ2v) is 2.86. The van der Waals surface area contributed by atoms with Crippen LogP contribution in [0.1, 0.15) is 19.3 Å². The SMILES string of the molecule is Cl.OC[C@@H]1CCC[C@H](CO)N1. The molecule has 3 N–H and O–H groups in total. The van der Waals surface area contributed by atoms with E-state index in [4.69, 9.17) is 10.2 Å². The summed E-state index contributed by atoms with van der Waals surface area (Å²) in [5.74, 6) is 0. The molecule has 0 aromatic rings. The maximum absolute atomic E-state index is 8.76. The van der Waals surface area contributed by atoms with Gasteiger partial charge < -0.3 is 15.5 Å². The van der Waals surface area contributed by atoms with Gasteiger partial charge in [-0.15, -0.1) is 12.4 Å². The minimum Gasteiger partial charge on any atom is -0.395 e. The molecule has 0 unspecified atom stereocenters. The first-order chi connectivity index (χ1) is 4.86. The Kier molecular flexibility index (Phi) is 5.86. The summed E-state index contributed by atoms with van der Waals surface area (Å²) >= 11 is 0. The van der Waals surface area contributed by atoms with Crippen molar-refractivity contribution in [2.75, 3.05) is 13.2 Å². The second kappa shape index (κ2) is 5.77. The lowest BCUT2D eigenvalue weighted by atomic mass is 10.00. The molecule has 1 rings (SSSR count). The van der Waals surface area contributed by atoms with Crippen LogP contribution in [0.4, 0.5) is 0 Å². The van der Waals surface area contributed by atoms with Gasteiger partial charge in [0.05, 0.1) is 13.2 Å². The molecule has 68 valence electrons. The molecule has 2 atom stereocenters. The molecule has 0 aromatic carbocycles. The fourth-order valence-electron chi connectivity index (χ4n) is 1.40. The van der Waals surface area contributed by atoms with Crippen molar-refractivity contribution in [3.05, 3.63) is 0 Å². The Morgan fingerprint density at radius 2 is 1.55 bits per heavy atom. The number of piperidine rings is 1. The average Bonchev–Trinajstić information content (AvgIpc) is 2.05. The summed E-state index contributed by atoms with van der Waals surface area (Å²) in [5, 5.41) is 20.7. The zero-order chi connectivity index (χ0) is 7.40. The second-order valence-electron chi connectivity index (χ2n) is 2.86. The summed E-state index contributed by atoms with van der Waals surface area (Å²) in [6, 6.07) is 0.428. The molecular formula is C7H16ClNO2. The van der Waals surface area contributed by atoms with E-state index in [2.05, 4.69) is 5.32 Å². The third-order valence-corrected chi connectivity index (χ3v) is 2.02. The van der Waals surface area contributed by atoms with Crippen molar-refractivity contribution in [2.45, 2.75) is 31.3 Å². The molecule has 0 spiro atoms. The van der Waals surface area contributed by atoms with E-state index in [1.807, 2.05) is 0 Å². The zero-order valence-corrected chi connectivity index (χ0v) is 7.31. The highest BCUT2D eigenvalue weighted by molar-refractivity contribution is 5.85. The van der Waals surface area contributed by atoms with Crippen molar-refractivity contribution >= 4 is 12.4 Å². The van der Waals surface area contributed by atoms with Crippen LogP contribution in [0.15, 0.2) is 0 Å². The van der Waals surface area contributed by atoms with Gasteiger partial charge in [0.15, 0.2) is 0 Å². The smallest absolute Gasteiger partial charge is 0.0584 e. The molecule has 1 aliphatic heterocycles. The van der Waals surface area contributed by atoms with Crippen LogP contribution in [0.3, 0.4) is 0 Å². The lowest BCUT2D eigenvalue weighted by Gasteiger charge is -2.28. The van der Waals surface area contributed by atoms with Crippen LogP contribution in [0.25, 0.3) is 0 Å². The molecule has 11 heavy (non-hydrogen) atoms. The Balaban J connectivity index is 0.000001000. The summed E-state index contributed by atoms with van der Waals surface area (Å²) in [6.45, 7) is 0.382. The van der Waals surface area contributed by atoms with Gasteiger partial charge in [0.2, 0.25) is 0 Å². The van der Waals surface area contributed by atoms with E-state index in [0.717, 1.165) is 19.3 Å². The lowest BCUT2D eigenvalue weighted by molar-refractivity contribution is 0.158. The van der Waals surface area contributed by atoms with E-state index in [0.29, 0.717) is 0 Å². The largest absolute Gasteiger partial charge is 0.395 e. The van der Waals surface area contributed by atoms with Gasteiger partial charge in [0.1, 0.15) is 0 Å². The Hall–Kier alpha value is 0.170. The van der Waals surface area contributed by atoms with Crippen LogP contribution in [-0.2, 0) is 0 Å². The number of aliphatic hydroxyl groups is 2. The summed E-state index contributed by atoms with van der Waals surface area (Å²) in [5.41, 5.74) is 0. The molecule has 0 amide bonds. The van der Waals surface area contributed by atoms with Crippen molar-refractivity contribution in [3.63, 3.8) is 0 Å². The van der Waals surface area contributed by atoms with Crippen LogP contribution in [-0.4, -0.2) is 35.5 Å². The van der Waals surface area contributed by atoms with Crippen molar-refractivity contribution < 1.29 is 10.2 Å². The van der Waals surface area contributed by atoms with Crippen LogP contribution in [0.5, 0.6) is 0 Å². The minimum absolute atomic E-state index is 0. The summed E-state index contributed by atoms with van der Waals surface area (Å²) < 4.78 is 0. The number of hydrogen-bond donors (Lipinski definition) is 3. The fraction of sp³-hybridized carbons (Fsp3) is 1.00. The van der Waals surface area contributed by atoms with Gasteiger partial charge in [0, 0.05) is 12.1 Å². The molecule has 1 heterocycles. The quantitative estimate of drug-likeness (QED) is 0.558. The molecule has 3 nitrogen and oxygen atoms in total. The molecule has 0 aliphatic carbocycles. The first kappa shape index (κ1) is 11.2. The number of halogens is 1. The predicted octanol–water partition coefficient (Wildman–Crippen LogP) is -0.0965. The monoisotopic (exact) mass is 181 g/mol. The molecule has 4 heteroatoms. The third kappa shape index (κ3) is 3.38. The van der Waals surface area contributed by atoms with Gasteiger partial charge in [-0.2, -0.15) is 0 Å². The van der Waals surface area contributed by atoms with E-state index >= 15 is 0 Å². The molecule has 0 saturated carbocycles. The van der Waals surface area contributed by atoms with Gasteiger partial charge in [-0.05, 0) is 12.8 Å². The van der Waals surface area contributed by atoms with E-state index < -0.39 is 0 Å². The van der Waals surface area contributed by atoms with Gasteiger partial charge in [0.25, 0.3) is 0 Å². The number of rotatable bonds is 2. The van der Waals surface area contributed by atoms with Crippen LogP contribution >= 0.6 is 12.4 Å². The first-order valence-electron chi connectivity index (χ1n) is 3.84. The Morgan fingerprint density at radius 1 is 1.09 bits per heavy atom. The summed E-state index contributed by atoms with van der Waals surface area (Å²) in [7, 11) is 0. The highest BCUT2D eigenvalue weighted by atomic mass is 35.5. The number of nitrogens with one attached hydrogen (secondary N) is 1. The van der Waals surface area contributed by atoms with E-state index in [1.54, 1.807) is 0 Å². The Bertz CT molecular complexity index is 92.4. The first-order valence-corrected chi connectivity index (χ1v) is 3.84. The zero-order valence-electron chi connectivity index (χ0n) is 6.49. The van der Waals surface area contributed by atoms with Crippen molar-refractivity contribution in [2.24, 2.45) is 0 Å². The van der Waals surface area contributed by atoms with Crippen molar-refractivity contribution in [3.8, 4) is 0 Å². The number of hydrogen-bond acceptors (Lipinski definition) is 3. The topological polar surface area (TPSA) is 52.5 Å². The van der Waals surface area contributed by atoms with E-state index in [1.165, 1.54) is 0 Å². The molecule has 1 saturated heterocycles. The van der Waals surface area contributed by atoms with Gasteiger partial charge >= 0.3 is 0 Å². The van der Waals surface area contributed by atoms with Gasteiger partial charge in [-0.25, -0.2) is 0 Å². The highest BCUT2D eigenvalue weighted by Gasteiger charge is 2.18. The highest BCUT2D eigenvalue weighted by Crippen LogP contribution is 2.11. The third-order valence-electron chi connectivity index (χ3n) is 2.02. The molecule has 0 bridgehead atoms. The Labute approximate surface area is 73.2 Å². The molecule has 0 aromatic heterocycles. The van der Waals surface area contributed by atoms with E-state index in [9.17, 15) is 0 Å². The number of aliphatic hydroxyl groups excluding tert-OH is 2. The van der Waals surface area contributed by atoms with Gasteiger partial charge in [-0.3, -0.25) is 0 Å². The predicted molar refractivity (Wildman–Crippen MR) is 46.0 cm³/mol. The van der Waals surface area contributed by atoms with Crippen LogP contribution < -0.4 is 5.32 Å². The lowest BCUT2D eigenvalue weighted by Crippen LogP contribution is -2.45. The molecular weight excluding hydrogens is 166 g/mol. The fourth-order valence-corrected chi connectivity index (χ4v) is 1.40. The summed E-state index contributed by atoms with van der Waals surface area (Å²) in [4.78, 5) is 0. The molecule has 1 fully saturated rings. The van der Waals surface area contributed by atoms with Crippen LogP contribution in [0, 0.1) is 0 Å². The summed E-state index contributed by atoms with van der Waals surface area (Å²) in [6.07, 6.45) is 3.18. The van der Waals surface area contributed by atoms with Gasteiger partial charge in [-0.1, -0.05) is 6.42 Å². The maximum atomic E-state index is 8.76. The normalized spacial score (nSPS) is 31.1. The van der Waals surface area contributed by atoms with Crippen molar-refractivity contribution in [1.29, 1.82) is 0 Å². The maximum Gasteiger partial charge on any atom is 0.0584 e. The minimum atomic E-state index is 0. The Morgan fingerprint density at radius 3 is 1.91 bits per heavy atom. The standard InChI is InChI=1S/C7H15NO2.ClH/c9-4-6-2-1-3-7(5-10)8-6;/h6-10H,1-5H2;1H/t6-,7+;. The van der Waals surface area contributed by atoms with E-state index in [-0.39, 0.29) is 37.7 Å². The van der Waals surface area contributed by atoms with Crippen LogP contribution in [0.2, 0.25) is 0 Å². The average molecular weight is 182 g/mol. The van der Waals surface area contributed by atoms with Crippen molar-refractivity contribution in [1.82, 2.24) is 5.32 Å². The molecule has 0 radical (unpaired) electrons. The molecule has 1 aliphatic rings.